The Balaban J connectivity index is 0.000000911. The van der Waals surface area contributed by atoms with E-state index in [0.717, 1.165) is 57.1 Å². The van der Waals surface area contributed by atoms with Gasteiger partial charge in [-0.3, -0.25) is 9.69 Å². The standard InChI is InChI=1S/C19H31N3O.2ClH/c23-18(16-13-19(16)3-5-20-6-4-19)22-9-7-21(8-10-22)17-12-14-1-2-15(17)11-14;;/h14-17,20H,1-13H2;2*1H. The van der Waals surface area contributed by atoms with Crippen LogP contribution in [0.25, 0.3) is 0 Å². The molecule has 0 aromatic carbocycles. The van der Waals surface area contributed by atoms with Crippen molar-refractivity contribution < 1.29 is 4.79 Å². The zero-order chi connectivity index (χ0) is 15.4. The molecule has 144 valence electrons. The van der Waals surface area contributed by atoms with Crippen molar-refractivity contribution in [2.75, 3.05) is 39.3 Å². The minimum Gasteiger partial charge on any atom is -0.340 e. The fourth-order valence-electron chi connectivity index (χ4n) is 6.33. The largest absolute Gasteiger partial charge is 0.340 e. The molecule has 25 heavy (non-hydrogen) atoms. The molecule has 4 nitrogen and oxygen atoms in total. The first-order chi connectivity index (χ1) is 11.3. The van der Waals surface area contributed by atoms with Gasteiger partial charge in [0.05, 0.1) is 0 Å². The molecule has 2 bridgehead atoms. The van der Waals surface area contributed by atoms with Gasteiger partial charge in [0.15, 0.2) is 0 Å². The van der Waals surface area contributed by atoms with Gasteiger partial charge in [-0.2, -0.15) is 0 Å². The number of piperidine rings is 1. The van der Waals surface area contributed by atoms with E-state index in [1.807, 2.05) is 0 Å². The van der Waals surface area contributed by atoms with Gasteiger partial charge in [0.1, 0.15) is 0 Å². The number of amides is 1. The molecule has 1 amide bonds. The third-order valence-electron chi connectivity index (χ3n) is 7.88. The Bertz CT molecular complexity index is 489. The normalized spacial score (nSPS) is 39.0. The number of nitrogens with zero attached hydrogens (tertiary/aromatic N) is 2. The maximum atomic E-state index is 12.9. The molecule has 3 saturated carbocycles. The predicted molar refractivity (Wildman–Crippen MR) is 105 cm³/mol. The van der Waals surface area contributed by atoms with E-state index in [4.69, 9.17) is 0 Å². The molecule has 4 atom stereocenters. The Kier molecular flexibility index (Phi) is 5.94. The monoisotopic (exact) mass is 389 g/mol. The van der Waals surface area contributed by atoms with Crippen molar-refractivity contribution in [3.8, 4) is 0 Å². The average molecular weight is 390 g/mol. The van der Waals surface area contributed by atoms with E-state index in [1.54, 1.807) is 0 Å². The molecule has 2 heterocycles. The topological polar surface area (TPSA) is 35.6 Å². The van der Waals surface area contributed by atoms with Crippen LogP contribution >= 0.6 is 24.8 Å². The zero-order valence-corrected chi connectivity index (χ0v) is 16.8. The molecule has 6 heteroatoms. The van der Waals surface area contributed by atoms with Crippen molar-refractivity contribution in [2.24, 2.45) is 23.2 Å². The first kappa shape index (κ1) is 19.7. The number of piperazine rings is 1. The summed E-state index contributed by atoms with van der Waals surface area (Å²) in [6, 6.07) is 0.850. The lowest BCUT2D eigenvalue weighted by molar-refractivity contribution is -0.135. The molecule has 0 radical (unpaired) electrons. The fraction of sp³-hybridized carbons (Fsp3) is 0.947. The molecule has 3 aliphatic carbocycles. The average Bonchev–Trinajstić information content (AvgIpc) is 2.97. The second kappa shape index (κ2) is 7.53. The Morgan fingerprint density at radius 1 is 0.960 bits per heavy atom. The second-order valence-corrected chi connectivity index (χ2v) is 8.97. The number of fused-ring (bicyclic) bond motifs is 2. The molecule has 2 aliphatic heterocycles. The minimum absolute atomic E-state index is 0. The highest BCUT2D eigenvalue weighted by atomic mass is 35.5. The molecule has 5 aliphatic rings. The number of hydrogen-bond acceptors (Lipinski definition) is 3. The summed E-state index contributed by atoms with van der Waals surface area (Å²) in [6.07, 6.45) is 9.48. The second-order valence-electron chi connectivity index (χ2n) is 8.97. The Hall–Kier alpha value is -0.0300. The quantitative estimate of drug-likeness (QED) is 0.787. The number of halogens is 2. The first-order valence-corrected chi connectivity index (χ1v) is 9.99. The lowest BCUT2D eigenvalue weighted by Crippen LogP contribution is -2.53. The van der Waals surface area contributed by atoms with Gasteiger partial charge in [-0.15, -0.1) is 24.8 Å². The van der Waals surface area contributed by atoms with Crippen molar-refractivity contribution in [1.29, 1.82) is 0 Å². The van der Waals surface area contributed by atoms with E-state index in [2.05, 4.69) is 15.1 Å². The van der Waals surface area contributed by atoms with E-state index < -0.39 is 0 Å². The van der Waals surface area contributed by atoms with Crippen molar-refractivity contribution in [1.82, 2.24) is 15.1 Å². The number of carbonyl (C=O) groups excluding carboxylic acids is 1. The first-order valence-electron chi connectivity index (χ1n) is 9.99. The lowest BCUT2D eigenvalue weighted by atomic mass is 9.91. The van der Waals surface area contributed by atoms with Gasteiger partial charge in [0.2, 0.25) is 5.91 Å². The van der Waals surface area contributed by atoms with Crippen LogP contribution in [0, 0.1) is 23.2 Å². The summed E-state index contributed by atoms with van der Waals surface area (Å²) in [5, 5.41) is 3.44. The predicted octanol–water partition coefficient (Wildman–Crippen LogP) is 2.55. The highest BCUT2D eigenvalue weighted by Crippen LogP contribution is 2.59. The van der Waals surface area contributed by atoms with Crippen molar-refractivity contribution >= 4 is 30.7 Å². The van der Waals surface area contributed by atoms with E-state index in [1.165, 1.54) is 44.9 Å². The molecule has 0 aromatic rings. The van der Waals surface area contributed by atoms with Crippen molar-refractivity contribution in [3.05, 3.63) is 0 Å². The number of nitrogens with one attached hydrogen (secondary N) is 1. The minimum atomic E-state index is 0. The van der Waals surface area contributed by atoms with Crippen LogP contribution < -0.4 is 5.32 Å². The smallest absolute Gasteiger partial charge is 0.226 e. The summed E-state index contributed by atoms with van der Waals surface area (Å²) in [7, 11) is 0. The summed E-state index contributed by atoms with van der Waals surface area (Å²) in [4.78, 5) is 17.8. The summed E-state index contributed by atoms with van der Waals surface area (Å²) in [6.45, 7) is 6.44. The van der Waals surface area contributed by atoms with Gasteiger partial charge in [0, 0.05) is 38.1 Å². The van der Waals surface area contributed by atoms with Crippen molar-refractivity contribution in [2.45, 2.75) is 51.0 Å². The van der Waals surface area contributed by atoms with Crippen LogP contribution in [-0.2, 0) is 4.79 Å². The van der Waals surface area contributed by atoms with Gasteiger partial charge >= 0.3 is 0 Å². The molecule has 0 aromatic heterocycles. The molecule has 1 spiro atoms. The summed E-state index contributed by atoms with van der Waals surface area (Å²) in [5.41, 5.74) is 0.393. The van der Waals surface area contributed by atoms with E-state index >= 15 is 0 Å². The Morgan fingerprint density at radius 2 is 1.68 bits per heavy atom. The zero-order valence-electron chi connectivity index (χ0n) is 15.1. The highest BCUT2D eigenvalue weighted by molar-refractivity contribution is 5.85. The molecule has 2 saturated heterocycles. The molecule has 5 fully saturated rings. The van der Waals surface area contributed by atoms with Gasteiger partial charge < -0.3 is 10.2 Å². The van der Waals surface area contributed by atoms with Crippen LogP contribution in [0.2, 0.25) is 0 Å². The van der Waals surface area contributed by atoms with Crippen LogP contribution in [0.4, 0.5) is 0 Å². The Morgan fingerprint density at radius 3 is 2.28 bits per heavy atom. The van der Waals surface area contributed by atoms with Crippen LogP contribution in [-0.4, -0.2) is 61.0 Å². The van der Waals surface area contributed by atoms with Gasteiger partial charge in [0.25, 0.3) is 0 Å². The van der Waals surface area contributed by atoms with Crippen LogP contribution in [0.15, 0.2) is 0 Å². The molecular formula is C19H33Cl2N3O. The fourth-order valence-corrected chi connectivity index (χ4v) is 6.33. The van der Waals surface area contributed by atoms with E-state index in [9.17, 15) is 4.79 Å². The molecule has 1 N–H and O–H groups in total. The third-order valence-corrected chi connectivity index (χ3v) is 7.88. The molecular weight excluding hydrogens is 357 g/mol. The van der Waals surface area contributed by atoms with Crippen LogP contribution in [0.5, 0.6) is 0 Å². The van der Waals surface area contributed by atoms with Crippen molar-refractivity contribution in [3.63, 3.8) is 0 Å². The number of carbonyl (C=O) groups is 1. The maximum Gasteiger partial charge on any atom is 0.226 e. The number of hydrogen-bond donors (Lipinski definition) is 1. The van der Waals surface area contributed by atoms with Gasteiger partial charge in [-0.25, -0.2) is 0 Å². The van der Waals surface area contributed by atoms with Crippen LogP contribution in [0.1, 0.15) is 44.9 Å². The SMILES string of the molecule is Cl.Cl.O=C(C1CC12CCNCC2)N1CCN(C2CC3CCC2C3)CC1. The summed E-state index contributed by atoms with van der Waals surface area (Å²) < 4.78 is 0. The third kappa shape index (κ3) is 3.44. The van der Waals surface area contributed by atoms with E-state index in [0.29, 0.717) is 17.2 Å². The van der Waals surface area contributed by atoms with Gasteiger partial charge in [-0.05, 0) is 68.9 Å². The Labute approximate surface area is 164 Å². The highest BCUT2D eigenvalue weighted by Gasteiger charge is 2.58. The van der Waals surface area contributed by atoms with Gasteiger partial charge in [-0.1, -0.05) is 6.42 Å². The lowest BCUT2D eigenvalue weighted by Gasteiger charge is -2.41. The van der Waals surface area contributed by atoms with Crippen LogP contribution in [0.3, 0.4) is 0 Å². The molecule has 4 unspecified atom stereocenters. The summed E-state index contributed by atoms with van der Waals surface area (Å²) >= 11 is 0. The maximum absolute atomic E-state index is 12.9. The van der Waals surface area contributed by atoms with E-state index in [-0.39, 0.29) is 24.8 Å². The summed E-state index contributed by atoms with van der Waals surface area (Å²) in [5.74, 6) is 2.85. The number of rotatable bonds is 2. The molecule has 5 rings (SSSR count).